The molecule has 2 heterocycles. The molecule has 0 N–H and O–H groups in total. The normalized spacial score (nSPS) is 17.9. The Balaban J connectivity index is 1.38. The number of hydrogen-bond acceptors (Lipinski definition) is 6. The minimum Gasteiger partial charge on any atom is -0.378 e. The van der Waals surface area contributed by atoms with E-state index in [-0.39, 0.29) is 11.6 Å². The topological polar surface area (TPSA) is 49.7 Å². The first-order valence-electron chi connectivity index (χ1n) is 10.0. The van der Waals surface area contributed by atoms with Crippen LogP contribution in [0, 0.1) is 11.6 Å². The Bertz CT molecular complexity index is 848. The summed E-state index contributed by atoms with van der Waals surface area (Å²) >= 11 is 0. The molecule has 2 aromatic rings. The average Bonchev–Trinajstić information content (AvgIpc) is 2.78. The molecule has 2 aromatic carbocycles. The van der Waals surface area contributed by atoms with Gasteiger partial charge in [0, 0.05) is 26.2 Å². The van der Waals surface area contributed by atoms with Gasteiger partial charge in [-0.15, -0.1) is 0 Å². The zero-order chi connectivity index (χ0) is 20.8. The number of ether oxygens (including phenoxy) is 2. The molecular weight excluding hydrogens is 390 g/mol. The fraction of sp³-hybridized carbons (Fsp3) is 0.364. The fourth-order valence-corrected chi connectivity index (χ4v) is 3.53. The van der Waals surface area contributed by atoms with Gasteiger partial charge in [0.1, 0.15) is 11.6 Å². The largest absolute Gasteiger partial charge is 0.378 e. The van der Waals surface area contributed by atoms with Crippen LogP contribution in [-0.2, 0) is 9.47 Å². The van der Waals surface area contributed by atoms with Crippen LogP contribution in [0.3, 0.4) is 0 Å². The standard InChI is InChI=1S/C22H24F2N4O2/c23-19-13-17(1-3-21(19)27-5-9-29-10-6-27)15-25-26-16-18-2-4-22(20(24)14-18)28-7-11-30-12-8-28/h1-4,13-16H,5-12H2/b25-15+,26-16+. The highest BCUT2D eigenvalue weighted by molar-refractivity contribution is 5.83. The van der Waals surface area contributed by atoms with Crippen molar-refractivity contribution in [1.29, 1.82) is 0 Å². The molecule has 0 atom stereocenters. The molecule has 2 fully saturated rings. The molecule has 6 nitrogen and oxygen atoms in total. The lowest BCUT2D eigenvalue weighted by atomic mass is 10.2. The predicted octanol–water partition coefficient (Wildman–Crippen LogP) is 3.09. The summed E-state index contributed by atoms with van der Waals surface area (Å²) in [6.45, 7) is 5.11. The van der Waals surface area contributed by atoms with Crippen LogP contribution in [-0.4, -0.2) is 65.0 Å². The summed E-state index contributed by atoms with van der Waals surface area (Å²) in [7, 11) is 0. The van der Waals surface area contributed by atoms with Crippen molar-refractivity contribution in [3.63, 3.8) is 0 Å². The summed E-state index contributed by atoms with van der Waals surface area (Å²) in [5.74, 6) is -0.601. The average molecular weight is 414 g/mol. The predicted molar refractivity (Wildman–Crippen MR) is 114 cm³/mol. The van der Waals surface area contributed by atoms with E-state index in [0.29, 0.717) is 75.1 Å². The van der Waals surface area contributed by atoms with Gasteiger partial charge in [-0.2, -0.15) is 10.2 Å². The molecule has 0 unspecified atom stereocenters. The molecule has 0 radical (unpaired) electrons. The molecule has 4 rings (SSSR count). The first-order chi connectivity index (χ1) is 14.7. The van der Waals surface area contributed by atoms with Crippen LogP contribution < -0.4 is 9.80 Å². The molecule has 0 spiro atoms. The van der Waals surface area contributed by atoms with Crippen molar-refractivity contribution in [3.8, 4) is 0 Å². The van der Waals surface area contributed by atoms with E-state index in [1.165, 1.54) is 24.6 Å². The van der Waals surface area contributed by atoms with E-state index in [0.717, 1.165) is 0 Å². The molecule has 0 aliphatic carbocycles. The summed E-state index contributed by atoms with van der Waals surface area (Å²) in [6, 6.07) is 9.94. The minimum atomic E-state index is -0.300. The first kappa shape index (κ1) is 20.4. The van der Waals surface area contributed by atoms with E-state index in [9.17, 15) is 8.78 Å². The number of hydrogen-bond donors (Lipinski definition) is 0. The van der Waals surface area contributed by atoms with Crippen LogP contribution in [0.15, 0.2) is 46.6 Å². The molecule has 0 amide bonds. The number of benzene rings is 2. The van der Waals surface area contributed by atoms with Gasteiger partial charge in [0.15, 0.2) is 0 Å². The van der Waals surface area contributed by atoms with Gasteiger partial charge in [-0.1, -0.05) is 12.1 Å². The van der Waals surface area contributed by atoms with E-state index >= 15 is 0 Å². The summed E-state index contributed by atoms with van der Waals surface area (Å²) in [6.07, 6.45) is 2.95. The first-order valence-corrected chi connectivity index (χ1v) is 10.0. The summed E-state index contributed by atoms with van der Waals surface area (Å²) in [4.78, 5) is 3.93. The van der Waals surface area contributed by atoms with Crippen molar-refractivity contribution in [1.82, 2.24) is 0 Å². The van der Waals surface area contributed by atoms with Gasteiger partial charge < -0.3 is 19.3 Å². The SMILES string of the molecule is Fc1cc(/C=N/N=C/c2ccc(N3CCOCC3)c(F)c2)ccc1N1CCOCC1. The van der Waals surface area contributed by atoms with Gasteiger partial charge in [-0.3, -0.25) is 0 Å². The smallest absolute Gasteiger partial charge is 0.147 e. The highest BCUT2D eigenvalue weighted by Crippen LogP contribution is 2.22. The molecule has 0 saturated carbocycles. The number of rotatable bonds is 5. The maximum Gasteiger partial charge on any atom is 0.147 e. The van der Waals surface area contributed by atoms with E-state index in [2.05, 4.69) is 10.2 Å². The van der Waals surface area contributed by atoms with Crippen molar-refractivity contribution in [2.24, 2.45) is 10.2 Å². The minimum absolute atomic E-state index is 0.300. The molecule has 0 bridgehead atoms. The second-order valence-corrected chi connectivity index (χ2v) is 7.11. The second-order valence-electron chi connectivity index (χ2n) is 7.11. The van der Waals surface area contributed by atoms with Gasteiger partial charge in [0.05, 0.1) is 50.2 Å². The monoisotopic (exact) mass is 414 g/mol. The van der Waals surface area contributed by atoms with E-state index < -0.39 is 0 Å². The van der Waals surface area contributed by atoms with Gasteiger partial charge in [0.25, 0.3) is 0 Å². The highest BCUT2D eigenvalue weighted by atomic mass is 19.1. The van der Waals surface area contributed by atoms with Crippen LogP contribution in [0.2, 0.25) is 0 Å². The maximum atomic E-state index is 14.4. The Morgan fingerprint density at radius 1 is 0.667 bits per heavy atom. The summed E-state index contributed by atoms with van der Waals surface area (Å²) in [5, 5.41) is 7.91. The molecule has 2 aliphatic rings. The van der Waals surface area contributed by atoms with E-state index in [1.807, 2.05) is 9.80 Å². The van der Waals surface area contributed by atoms with Gasteiger partial charge >= 0.3 is 0 Å². The lowest BCUT2D eigenvalue weighted by Crippen LogP contribution is -2.36. The molecule has 2 saturated heterocycles. The lowest BCUT2D eigenvalue weighted by Gasteiger charge is -2.29. The van der Waals surface area contributed by atoms with Crippen LogP contribution in [0.1, 0.15) is 11.1 Å². The van der Waals surface area contributed by atoms with Crippen molar-refractivity contribution >= 4 is 23.8 Å². The Morgan fingerprint density at radius 3 is 1.43 bits per heavy atom. The third kappa shape index (κ3) is 5.01. The van der Waals surface area contributed by atoms with E-state index in [1.54, 1.807) is 24.3 Å². The van der Waals surface area contributed by atoms with Crippen molar-refractivity contribution in [3.05, 3.63) is 59.2 Å². The van der Waals surface area contributed by atoms with Gasteiger partial charge in [-0.05, 0) is 35.4 Å². The van der Waals surface area contributed by atoms with Crippen LogP contribution in [0.25, 0.3) is 0 Å². The Hall–Kier alpha value is -2.84. The van der Waals surface area contributed by atoms with Crippen molar-refractivity contribution < 1.29 is 18.3 Å². The zero-order valence-corrected chi connectivity index (χ0v) is 16.6. The quantitative estimate of drug-likeness (QED) is 0.557. The zero-order valence-electron chi connectivity index (χ0n) is 16.6. The lowest BCUT2D eigenvalue weighted by molar-refractivity contribution is 0.122. The highest BCUT2D eigenvalue weighted by Gasteiger charge is 2.16. The Kier molecular flexibility index (Phi) is 6.66. The van der Waals surface area contributed by atoms with Crippen LogP contribution in [0.5, 0.6) is 0 Å². The maximum absolute atomic E-state index is 14.4. The number of halogens is 2. The Morgan fingerprint density at radius 2 is 1.07 bits per heavy atom. The third-order valence-corrected chi connectivity index (χ3v) is 5.13. The van der Waals surface area contributed by atoms with Crippen molar-refractivity contribution in [2.45, 2.75) is 0 Å². The summed E-state index contributed by atoms with van der Waals surface area (Å²) < 4.78 is 39.4. The molecular formula is C22H24F2N4O2. The second kappa shape index (κ2) is 9.77. The Labute approximate surface area is 174 Å². The van der Waals surface area contributed by atoms with Crippen LogP contribution in [0.4, 0.5) is 20.2 Å². The third-order valence-electron chi connectivity index (χ3n) is 5.13. The number of morpholine rings is 2. The molecule has 0 aromatic heterocycles. The molecule has 30 heavy (non-hydrogen) atoms. The number of nitrogens with zero attached hydrogens (tertiary/aromatic N) is 4. The molecule has 158 valence electrons. The van der Waals surface area contributed by atoms with Crippen molar-refractivity contribution in [2.75, 3.05) is 62.4 Å². The summed E-state index contributed by atoms with van der Waals surface area (Å²) in [5.41, 5.74) is 2.34. The van der Waals surface area contributed by atoms with Gasteiger partial charge in [-0.25, -0.2) is 8.78 Å². The van der Waals surface area contributed by atoms with Crippen LogP contribution >= 0.6 is 0 Å². The molecule has 8 heteroatoms. The number of anilines is 2. The molecule has 2 aliphatic heterocycles. The fourth-order valence-electron chi connectivity index (χ4n) is 3.53. The van der Waals surface area contributed by atoms with Gasteiger partial charge in [0.2, 0.25) is 0 Å². The van der Waals surface area contributed by atoms with E-state index in [4.69, 9.17) is 9.47 Å².